The van der Waals surface area contributed by atoms with E-state index >= 15 is 0 Å². The third-order valence-corrected chi connectivity index (χ3v) is 3.23. The average Bonchev–Trinajstić information content (AvgIpc) is 2.80. The van der Waals surface area contributed by atoms with Gasteiger partial charge in [-0.15, -0.1) is 0 Å². The lowest BCUT2D eigenvalue weighted by molar-refractivity contribution is -0.121. The van der Waals surface area contributed by atoms with E-state index in [-0.39, 0.29) is 5.91 Å². The second-order valence-corrected chi connectivity index (χ2v) is 5.35. The summed E-state index contributed by atoms with van der Waals surface area (Å²) in [6.45, 7) is 1.66. The van der Waals surface area contributed by atoms with E-state index in [1.165, 1.54) is 0 Å². The van der Waals surface area contributed by atoms with E-state index in [0.717, 1.165) is 18.5 Å². The van der Waals surface area contributed by atoms with Crippen molar-refractivity contribution in [1.82, 2.24) is 15.2 Å². The first-order valence-corrected chi connectivity index (χ1v) is 7.08. The largest absolute Gasteiger partial charge is 0.417 e. The van der Waals surface area contributed by atoms with E-state index < -0.39 is 5.76 Å². The minimum Gasteiger partial charge on any atom is -0.408 e. The molecule has 0 spiro atoms. The van der Waals surface area contributed by atoms with Crippen LogP contribution in [0.15, 0.2) is 27.4 Å². The van der Waals surface area contributed by atoms with Crippen molar-refractivity contribution >= 4 is 17.0 Å². The monoisotopic (exact) mass is 291 g/mol. The van der Waals surface area contributed by atoms with Gasteiger partial charge in [0.05, 0.1) is 5.52 Å². The molecule has 2 rings (SSSR count). The number of aromatic amines is 1. The highest BCUT2D eigenvalue weighted by Crippen LogP contribution is 2.13. The number of carbonyl (C=O) groups is 1. The molecule has 21 heavy (non-hydrogen) atoms. The van der Waals surface area contributed by atoms with Crippen molar-refractivity contribution in [3.05, 3.63) is 34.3 Å². The van der Waals surface area contributed by atoms with Crippen LogP contribution in [0.4, 0.5) is 0 Å². The molecule has 0 saturated carbocycles. The Morgan fingerprint density at radius 3 is 2.95 bits per heavy atom. The van der Waals surface area contributed by atoms with Gasteiger partial charge in [-0.2, -0.15) is 0 Å². The maximum Gasteiger partial charge on any atom is 0.417 e. The number of hydrogen-bond donors (Lipinski definition) is 2. The van der Waals surface area contributed by atoms with Crippen molar-refractivity contribution in [2.75, 3.05) is 27.2 Å². The van der Waals surface area contributed by atoms with Gasteiger partial charge in [-0.1, -0.05) is 6.07 Å². The molecule has 1 heterocycles. The molecule has 0 bridgehead atoms. The highest BCUT2D eigenvalue weighted by Gasteiger charge is 2.05. The number of aromatic nitrogens is 1. The molecule has 0 saturated heterocycles. The molecule has 0 unspecified atom stereocenters. The topological polar surface area (TPSA) is 78.3 Å². The van der Waals surface area contributed by atoms with Crippen LogP contribution in [0.3, 0.4) is 0 Å². The molecule has 0 radical (unpaired) electrons. The molecule has 6 heteroatoms. The molecule has 0 aliphatic carbocycles. The molecule has 2 aromatic rings. The van der Waals surface area contributed by atoms with E-state index in [4.69, 9.17) is 4.42 Å². The van der Waals surface area contributed by atoms with Gasteiger partial charge >= 0.3 is 5.76 Å². The smallest absolute Gasteiger partial charge is 0.408 e. The molecular weight excluding hydrogens is 270 g/mol. The van der Waals surface area contributed by atoms with Gasteiger partial charge in [-0.05, 0) is 51.2 Å². The predicted octanol–water partition coefficient (Wildman–Crippen LogP) is 1.12. The summed E-state index contributed by atoms with van der Waals surface area (Å²) in [5.74, 6) is -0.407. The van der Waals surface area contributed by atoms with E-state index in [2.05, 4.69) is 15.2 Å². The van der Waals surface area contributed by atoms with Crippen LogP contribution in [0.5, 0.6) is 0 Å². The van der Waals surface area contributed by atoms with E-state index in [0.29, 0.717) is 30.5 Å². The molecule has 0 atom stereocenters. The molecule has 114 valence electrons. The van der Waals surface area contributed by atoms with Gasteiger partial charge < -0.3 is 14.6 Å². The van der Waals surface area contributed by atoms with E-state index in [1.807, 2.05) is 26.2 Å². The van der Waals surface area contributed by atoms with Crippen molar-refractivity contribution in [2.45, 2.75) is 19.3 Å². The Labute approximate surface area is 123 Å². The number of amides is 1. The number of nitrogens with one attached hydrogen (secondary N) is 2. The fourth-order valence-electron chi connectivity index (χ4n) is 2.12. The number of benzene rings is 1. The van der Waals surface area contributed by atoms with Gasteiger partial charge in [0.25, 0.3) is 0 Å². The maximum atomic E-state index is 11.7. The number of rotatable bonds is 7. The van der Waals surface area contributed by atoms with Gasteiger partial charge in [0.15, 0.2) is 5.58 Å². The molecule has 0 fully saturated rings. The van der Waals surface area contributed by atoms with Crippen molar-refractivity contribution in [2.24, 2.45) is 0 Å². The molecule has 1 amide bonds. The number of hydrogen-bond acceptors (Lipinski definition) is 4. The van der Waals surface area contributed by atoms with Crippen LogP contribution in [0.25, 0.3) is 11.1 Å². The Balaban J connectivity index is 1.78. The molecular formula is C15H21N3O3. The molecule has 2 N–H and O–H groups in total. The van der Waals surface area contributed by atoms with Crippen molar-refractivity contribution in [3.63, 3.8) is 0 Å². The van der Waals surface area contributed by atoms with Crippen molar-refractivity contribution in [3.8, 4) is 0 Å². The Morgan fingerprint density at radius 1 is 1.38 bits per heavy atom. The number of H-pyrrole nitrogens is 1. The zero-order valence-electron chi connectivity index (χ0n) is 12.4. The number of oxazole rings is 1. The average molecular weight is 291 g/mol. The summed E-state index contributed by atoms with van der Waals surface area (Å²) >= 11 is 0. The number of fused-ring (bicyclic) bond motifs is 1. The molecule has 0 aliphatic rings. The predicted molar refractivity (Wildman–Crippen MR) is 81.3 cm³/mol. The van der Waals surface area contributed by atoms with Crippen LogP contribution < -0.4 is 11.1 Å². The van der Waals surface area contributed by atoms with Gasteiger partial charge in [0.1, 0.15) is 0 Å². The second kappa shape index (κ2) is 7.08. The zero-order valence-corrected chi connectivity index (χ0v) is 12.4. The minimum atomic E-state index is -0.458. The van der Waals surface area contributed by atoms with E-state index in [9.17, 15) is 9.59 Å². The Morgan fingerprint density at radius 2 is 2.19 bits per heavy atom. The molecule has 0 aliphatic heterocycles. The third-order valence-electron chi connectivity index (χ3n) is 3.23. The Hall–Kier alpha value is -2.08. The van der Waals surface area contributed by atoms with Crippen LogP contribution in [0.2, 0.25) is 0 Å². The minimum absolute atomic E-state index is 0.0505. The maximum absolute atomic E-state index is 11.7. The summed E-state index contributed by atoms with van der Waals surface area (Å²) < 4.78 is 4.94. The quantitative estimate of drug-likeness (QED) is 0.749. The van der Waals surface area contributed by atoms with Crippen LogP contribution in [-0.4, -0.2) is 43.0 Å². The zero-order chi connectivity index (χ0) is 15.2. The number of carbonyl (C=O) groups excluding carboxylic acids is 1. The third kappa shape index (κ3) is 4.75. The summed E-state index contributed by atoms with van der Waals surface area (Å²) in [7, 11) is 4.02. The van der Waals surface area contributed by atoms with Crippen molar-refractivity contribution < 1.29 is 9.21 Å². The first kappa shape index (κ1) is 15.3. The van der Waals surface area contributed by atoms with Crippen LogP contribution in [0, 0.1) is 0 Å². The van der Waals surface area contributed by atoms with E-state index in [1.54, 1.807) is 6.07 Å². The SMILES string of the molecule is CN(C)CCCNC(=O)CCc1ccc2oc(=O)[nH]c2c1. The fourth-order valence-corrected chi connectivity index (χ4v) is 2.12. The number of aryl methyl sites for hydroxylation is 1. The molecule has 1 aromatic carbocycles. The van der Waals surface area contributed by atoms with Gasteiger partial charge in [-0.25, -0.2) is 4.79 Å². The molecule has 6 nitrogen and oxygen atoms in total. The standard InChI is InChI=1S/C15H21N3O3/c1-18(2)9-3-8-16-14(19)7-5-11-4-6-13-12(10-11)17-15(20)21-13/h4,6,10H,3,5,7-9H2,1-2H3,(H,16,19)(H,17,20). The van der Waals surface area contributed by atoms with Gasteiger partial charge in [0, 0.05) is 13.0 Å². The Bertz CT molecular complexity index is 657. The second-order valence-electron chi connectivity index (χ2n) is 5.35. The molecule has 1 aromatic heterocycles. The number of nitrogens with zero attached hydrogens (tertiary/aromatic N) is 1. The van der Waals surface area contributed by atoms with Gasteiger partial charge in [-0.3, -0.25) is 9.78 Å². The van der Waals surface area contributed by atoms with Crippen LogP contribution in [-0.2, 0) is 11.2 Å². The summed E-state index contributed by atoms with van der Waals surface area (Å²) in [5.41, 5.74) is 2.21. The van der Waals surface area contributed by atoms with Crippen LogP contribution in [0.1, 0.15) is 18.4 Å². The fraction of sp³-hybridized carbons (Fsp3) is 0.467. The highest BCUT2D eigenvalue weighted by molar-refractivity contribution is 5.77. The lowest BCUT2D eigenvalue weighted by Gasteiger charge is -2.09. The lowest BCUT2D eigenvalue weighted by Crippen LogP contribution is -2.27. The summed E-state index contributed by atoms with van der Waals surface area (Å²) in [6, 6.07) is 5.47. The summed E-state index contributed by atoms with van der Waals surface area (Å²) in [4.78, 5) is 27.5. The lowest BCUT2D eigenvalue weighted by atomic mass is 10.1. The first-order valence-electron chi connectivity index (χ1n) is 7.08. The van der Waals surface area contributed by atoms with Crippen molar-refractivity contribution in [1.29, 1.82) is 0 Å². The first-order chi connectivity index (χ1) is 10.0. The van der Waals surface area contributed by atoms with Crippen LogP contribution >= 0.6 is 0 Å². The highest BCUT2D eigenvalue weighted by atomic mass is 16.4. The van der Waals surface area contributed by atoms with Gasteiger partial charge in [0.2, 0.25) is 5.91 Å². The normalized spacial score (nSPS) is 11.2. The summed E-state index contributed by atoms with van der Waals surface area (Å²) in [6.07, 6.45) is 2.03. The summed E-state index contributed by atoms with van der Waals surface area (Å²) in [5, 5.41) is 2.91. The Kier molecular flexibility index (Phi) is 5.16.